The van der Waals surface area contributed by atoms with Crippen molar-refractivity contribution < 1.29 is 9.18 Å². The van der Waals surface area contributed by atoms with Gasteiger partial charge in [-0.05, 0) is 0 Å². The maximum atomic E-state index is 12.2. The van der Waals surface area contributed by atoms with Gasteiger partial charge in [0.2, 0.25) is 6.41 Å². The fourth-order valence-electron chi connectivity index (χ4n) is 0.360. The second-order valence-electron chi connectivity index (χ2n) is 1.73. The third kappa shape index (κ3) is 0.885. The normalized spacial score (nSPS) is 23.6. The Morgan fingerprint density at radius 2 is 2.29 bits per heavy atom. The maximum absolute atomic E-state index is 12.2. The summed E-state index contributed by atoms with van der Waals surface area (Å²) in [4.78, 5) is 9.51. The summed E-state index contributed by atoms with van der Waals surface area (Å²) in [7, 11) is 0. The summed E-state index contributed by atoms with van der Waals surface area (Å²) >= 11 is 0. The average molecular weight is 103 g/mol. The van der Waals surface area contributed by atoms with E-state index in [-0.39, 0.29) is 0 Å². The first-order chi connectivity index (χ1) is 3.27. The van der Waals surface area contributed by atoms with E-state index in [4.69, 9.17) is 0 Å². The number of halogens is 1. The minimum absolute atomic E-state index is 0.396. The van der Waals surface area contributed by atoms with Crippen molar-refractivity contribution in [3.8, 4) is 0 Å². The molecule has 0 atom stereocenters. The molecule has 0 unspecified atom stereocenters. The fourth-order valence-corrected chi connectivity index (χ4v) is 0.360. The average Bonchev–Trinajstić information content (AvgIpc) is 2.22. The molecule has 2 nitrogen and oxygen atoms in total. The summed E-state index contributed by atoms with van der Waals surface area (Å²) in [6.45, 7) is 0. The van der Waals surface area contributed by atoms with Gasteiger partial charge in [0.25, 0.3) is 0 Å². The predicted octanol–water partition coefficient (Wildman–Crippen LogP) is 0.192. The van der Waals surface area contributed by atoms with E-state index < -0.39 is 5.79 Å². The number of hydrogen-bond donors (Lipinski definition) is 1. The number of carbonyl (C=O) groups is 1. The molecule has 1 rings (SSSR count). The van der Waals surface area contributed by atoms with E-state index in [1.54, 1.807) is 0 Å². The summed E-state index contributed by atoms with van der Waals surface area (Å²) in [5, 5.41) is 2.05. The zero-order valence-corrected chi connectivity index (χ0v) is 3.78. The summed E-state index contributed by atoms with van der Waals surface area (Å²) in [6, 6.07) is 0. The Bertz CT molecular complexity index is 89.7. The molecule has 0 heterocycles. The van der Waals surface area contributed by atoms with Crippen molar-refractivity contribution in [2.24, 2.45) is 0 Å². The van der Waals surface area contributed by atoms with Gasteiger partial charge in [0.05, 0.1) is 0 Å². The Hall–Kier alpha value is -0.600. The van der Waals surface area contributed by atoms with Gasteiger partial charge in [-0.15, -0.1) is 0 Å². The van der Waals surface area contributed by atoms with E-state index in [0.717, 1.165) is 0 Å². The van der Waals surface area contributed by atoms with Crippen molar-refractivity contribution >= 4 is 6.41 Å². The van der Waals surface area contributed by atoms with Crippen LogP contribution < -0.4 is 5.32 Å². The second kappa shape index (κ2) is 1.18. The number of rotatable bonds is 2. The van der Waals surface area contributed by atoms with Crippen LogP contribution in [-0.4, -0.2) is 12.2 Å². The maximum Gasteiger partial charge on any atom is 0.209 e. The largest absolute Gasteiger partial charge is 0.327 e. The number of alkyl halides is 1. The van der Waals surface area contributed by atoms with Crippen LogP contribution in [0.3, 0.4) is 0 Å². The van der Waals surface area contributed by atoms with Crippen LogP contribution in [0.4, 0.5) is 4.39 Å². The lowest BCUT2D eigenvalue weighted by atomic mass is 10.7. The van der Waals surface area contributed by atoms with E-state index in [1.165, 1.54) is 0 Å². The minimum atomic E-state index is -1.32. The van der Waals surface area contributed by atoms with Crippen molar-refractivity contribution in [3.05, 3.63) is 0 Å². The van der Waals surface area contributed by atoms with Crippen molar-refractivity contribution in [2.45, 2.75) is 18.6 Å². The van der Waals surface area contributed by atoms with Crippen molar-refractivity contribution in [1.82, 2.24) is 5.32 Å². The monoisotopic (exact) mass is 103 g/mol. The van der Waals surface area contributed by atoms with Gasteiger partial charge in [-0.1, -0.05) is 0 Å². The van der Waals surface area contributed by atoms with E-state index in [9.17, 15) is 9.18 Å². The predicted molar refractivity (Wildman–Crippen MR) is 22.3 cm³/mol. The lowest BCUT2D eigenvalue weighted by Gasteiger charge is -1.97. The molecule has 1 N–H and O–H groups in total. The molecule has 1 aliphatic rings. The molecule has 3 heteroatoms. The highest BCUT2D eigenvalue weighted by Crippen LogP contribution is 2.35. The van der Waals surface area contributed by atoms with Gasteiger partial charge in [-0.2, -0.15) is 0 Å². The Kier molecular flexibility index (Phi) is 0.770. The first-order valence-corrected chi connectivity index (χ1v) is 2.17. The first-order valence-electron chi connectivity index (χ1n) is 2.17. The molecular formula is C4H6FNO. The molecule has 0 aliphatic heterocycles. The SMILES string of the molecule is O=CNC1(F)CC1. The highest BCUT2D eigenvalue weighted by molar-refractivity contribution is 5.48. The van der Waals surface area contributed by atoms with Crippen LogP contribution >= 0.6 is 0 Å². The Morgan fingerprint density at radius 1 is 1.71 bits per heavy atom. The van der Waals surface area contributed by atoms with E-state index >= 15 is 0 Å². The molecule has 7 heavy (non-hydrogen) atoms. The molecule has 1 saturated carbocycles. The lowest BCUT2D eigenvalue weighted by molar-refractivity contribution is -0.111. The van der Waals surface area contributed by atoms with Crippen molar-refractivity contribution in [1.29, 1.82) is 0 Å². The number of hydrogen-bond acceptors (Lipinski definition) is 1. The zero-order chi connectivity index (χ0) is 5.33. The standard InChI is InChI=1S/C4H6FNO/c5-4(1-2-4)6-3-7/h3H,1-2H2,(H,6,7). The van der Waals surface area contributed by atoms with Gasteiger partial charge in [-0.3, -0.25) is 4.79 Å². The van der Waals surface area contributed by atoms with E-state index in [0.29, 0.717) is 19.3 Å². The summed E-state index contributed by atoms with van der Waals surface area (Å²) < 4.78 is 12.2. The van der Waals surface area contributed by atoms with Crippen LogP contribution in [0.15, 0.2) is 0 Å². The number of amides is 1. The molecule has 1 amide bonds. The van der Waals surface area contributed by atoms with Gasteiger partial charge < -0.3 is 5.32 Å². The number of carbonyl (C=O) groups excluding carboxylic acids is 1. The lowest BCUT2D eigenvalue weighted by Crippen LogP contribution is -2.23. The molecule has 0 saturated heterocycles. The zero-order valence-electron chi connectivity index (χ0n) is 3.78. The van der Waals surface area contributed by atoms with Crippen molar-refractivity contribution in [2.75, 3.05) is 0 Å². The van der Waals surface area contributed by atoms with Crippen LogP contribution in [-0.2, 0) is 4.79 Å². The molecule has 0 radical (unpaired) electrons. The summed E-state index contributed by atoms with van der Waals surface area (Å²) in [5.41, 5.74) is 0. The molecule has 0 spiro atoms. The van der Waals surface area contributed by atoms with Crippen LogP contribution in [0.2, 0.25) is 0 Å². The topological polar surface area (TPSA) is 29.1 Å². The van der Waals surface area contributed by atoms with Crippen LogP contribution in [0, 0.1) is 0 Å². The number of nitrogens with one attached hydrogen (secondary N) is 1. The Labute approximate surface area is 40.7 Å². The van der Waals surface area contributed by atoms with E-state index in [1.807, 2.05) is 5.32 Å². The molecule has 0 aromatic carbocycles. The summed E-state index contributed by atoms with van der Waals surface area (Å²) in [5.74, 6) is -1.32. The first kappa shape index (κ1) is 4.56. The third-order valence-corrected chi connectivity index (χ3v) is 1.01. The smallest absolute Gasteiger partial charge is 0.209 e. The quantitative estimate of drug-likeness (QED) is 0.392. The fraction of sp³-hybridized carbons (Fsp3) is 0.750. The van der Waals surface area contributed by atoms with Gasteiger partial charge in [-0.25, -0.2) is 4.39 Å². The van der Waals surface area contributed by atoms with Gasteiger partial charge in [0.15, 0.2) is 5.79 Å². The van der Waals surface area contributed by atoms with Crippen LogP contribution in [0.25, 0.3) is 0 Å². The molecular weight excluding hydrogens is 97.0 g/mol. The highest BCUT2D eigenvalue weighted by Gasteiger charge is 2.42. The van der Waals surface area contributed by atoms with Crippen molar-refractivity contribution in [3.63, 3.8) is 0 Å². The molecule has 1 fully saturated rings. The van der Waals surface area contributed by atoms with Gasteiger partial charge >= 0.3 is 0 Å². The van der Waals surface area contributed by atoms with Crippen LogP contribution in [0.5, 0.6) is 0 Å². The van der Waals surface area contributed by atoms with Gasteiger partial charge in [0, 0.05) is 12.8 Å². The summed E-state index contributed by atoms with van der Waals surface area (Å²) in [6.07, 6.45) is 1.35. The second-order valence-corrected chi connectivity index (χ2v) is 1.73. The van der Waals surface area contributed by atoms with E-state index in [2.05, 4.69) is 0 Å². The molecule has 0 aromatic heterocycles. The van der Waals surface area contributed by atoms with Gasteiger partial charge in [0.1, 0.15) is 0 Å². The van der Waals surface area contributed by atoms with Crippen LogP contribution in [0.1, 0.15) is 12.8 Å². The molecule has 40 valence electrons. The Balaban J connectivity index is 2.25. The molecule has 1 aliphatic carbocycles. The minimum Gasteiger partial charge on any atom is -0.327 e. The molecule has 0 bridgehead atoms. The Morgan fingerprint density at radius 3 is 2.43 bits per heavy atom. The highest BCUT2D eigenvalue weighted by atomic mass is 19.1. The molecule has 0 aromatic rings. The third-order valence-electron chi connectivity index (χ3n) is 1.01.